The third-order valence-corrected chi connectivity index (χ3v) is 5.25. The van der Waals surface area contributed by atoms with Gasteiger partial charge in [-0.25, -0.2) is 9.18 Å². The molecular weight excluding hydrogens is 463 g/mol. The molecule has 3 amide bonds. The van der Waals surface area contributed by atoms with Crippen LogP contribution in [-0.2, 0) is 17.9 Å². The van der Waals surface area contributed by atoms with Gasteiger partial charge in [-0.1, -0.05) is 52.3 Å². The summed E-state index contributed by atoms with van der Waals surface area (Å²) < 4.78 is 19.8. The van der Waals surface area contributed by atoms with Gasteiger partial charge in [0.25, 0.3) is 5.91 Å². The first-order valence-corrected chi connectivity index (χ1v) is 10.3. The minimum atomic E-state index is -0.505. The second-order valence-corrected chi connectivity index (χ2v) is 7.91. The van der Waals surface area contributed by atoms with E-state index in [1.807, 2.05) is 48.5 Å². The number of halogens is 2. The van der Waals surface area contributed by atoms with Crippen molar-refractivity contribution >= 4 is 33.9 Å². The molecule has 3 aromatic carbocycles. The van der Waals surface area contributed by atoms with E-state index in [4.69, 9.17) is 4.74 Å². The maximum absolute atomic E-state index is 13.1. The summed E-state index contributed by atoms with van der Waals surface area (Å²) in [6, 6.07) is 20.3. The fraction of sp³-hybridized carbons (Fsp3) is 0.0833. The fourth-order valence-electron chi connectivity index (χ4n) is 3.06. The van der Waals surface area contributed by atoms with Gasteiger partial charge in [0.2, 0.25) is 0 Å². The number of rotatable bonds is 6. The molecule has 1 fully saturated rings. The maximum Gasteiger partial charge on any atom is 0.329 e. The van der Waals surface area contributed by atoms with Crippen LogP contribution in [0.3, 0.4) is 0 Å². The topological polar surface area (TPSA) is 58.6 Å². The average molecular weight is 481 g/mol. The smallest absolute Gasteiger partial charge is 0.329 e. The van der Waals surface area contributed by atoms with Gasteiger partial charge in [-0.3, -0.25) is 9.69 Å². The van der Waals surface area contributed by atoms with Crippen LogP contribution in [0.15, 0.2) is 83.0 Å². The molecule has 0 spiro atoms. The first-order valence-electron chi connectivity index (χ1n) is 9.54. The Morgan fingerprint density at radius 1 is 0.903 bits per heavy atom. The highest BCUT2D eigenvalue weighted by atomic mass is 79.9. The SMILES string of the molecule is O=C1N/C(=C\c2ccc(OCc3ccc(Br)cc3)cc2)C(=O)N1Cc1ccc(F)cc1. The second-order valence-electron chi connectivity index (χ2n) is 6.99. The zero-order valence-electron chi connectivity index (χ0n) is 16.3. The lowest BCUT2D eigenvalue weighted by atomic mass is 10.1. The minimum absolute atomic E-state index is 0.0745. The van der Waals surface area contributed by atoms with Crippen LogP contribution < -0.4 is 10.1 Å². The Kier molecular flexibility index (Phi) is 6.13. The molecule has 156 valence electrons. The first kappa shape index (κ1) is 20.8. The monoisotopic (exact) mass is 480 g/mol. The molecule has 1 saturated heterocycles. The van der Waals surface area contributed by atoms with Crippen molar-refractivity contribution in [1.29, 1.82) is 0 Å². The molecule has 0 bridgehead atoms. The van der Waals surface area contributed by atoms with Gasteiger partial charge in [0.05, 0.1) is 6.54 Å². The van der Waals surface area contributed by atoms with Gasteiger partial charge in [-0.15, -0.1) is 0 Å². The molecule has 0 radical (unpaired) electrons. The predicted octanol–water partition coefficient (Wildman–Crippen LogP) is 5.26. The molecule has 0 saturated carbocycles. The Balaban J connectivity index is 1.39. The van der Waals surface area contributed by atoms with Crippen molar-refractivity contribution in [1.82, 2.24) is 10.2 Å². The zero-order chi connectivity index (χ0) is 21.8. The first-order chi connectivity index (χ1) is 15.0. The van der Waals surface area contributed by atoms with Crippen LogP contribution in [0.1, 0.15) is 16.7 Å². The van der Waals surface area contributed by atoms with Crippen LogP contribution in [0, 0.1) is 5.82 Å². The van der Waals surface area contributed by atoms with E-state index in [1.54, 1.807) is 18.2 Å². The number of imide groups is 1. The predicted molar refractivity (Wildman–Crippen MR) is 118 cm³/mol. The van der Waals surface area contributed by atoms with E-state index < -0.39 is 11.9 Å². The van der Waals surface area contributed by atoms with Gasteiger partial charge in [-0.2, -0.15) is 0 Å². The molecule has 7 heteroatoms. The molecule has 1 heterocycles. The Morgan fingerprint density at radius 2 is 1.55 bits per heavy atom. The fourth-order valence-corrected chi connectivity index (χ4v) is 3.33. The highest BCUT2D eigenvalue weighted by Crippen LogP contribution is 2.20. The number of hydrogen-bond acceptors (Lipinski definition) is 3. The number of carbonyl (C=O) groups excluding carboxylic acids is 2. The van der Waals surface area contributed by atoms with Gasteiger partial charge >= 0.3 is 6.03 Å². The molecule has 1 N–H and O–H groups in total. The summed E-state index contributed by atoms with van der Waals surface area (Å²) in [7, 11) is 0. The van der Waals surface area contributed by atoms with Crippen LogP contribution in [0.25, 0.3) is 6.08 Å². The number of ether oxygens (including phenoxy) is 1. The van der Waals surface area contributed by atoms with Gasteiger partial charge in [0.1, 0.15) is 23.9 Å². The van der Waals surface area contributed by atoms with Gasteiger partial charge < -0.3 is 10.1 Å². The van der Waals surface area contributed by atoms with Crippen molar-refractivity contribution in [2.75, 3.05) is 0 Å². The highest BCUT2D eigenvalue weighted by Gasteiger charge is 2.33. The summed E-state index contributed by atoms with van der Waals surface area (Å²) >= 11 is 3.40. The van der Waals surface area contributed by atoms with Gasteiger partial charge in [0.15, 0.2) is 0 Å². The van der Waals surface area contributed by atoms with Crippen molar-refractivity contribution < 1.29 is 18.7 Å². The summed E-state index contributed by atoms with van der Waals surface area (Å²) in [5, 5.41) is 2.59. The lowest BCUT2D eigenvalue weighted by molar-refractivity contribution is -0.123. The van der Waals surface area contributed by atoms with Crippen LogP contribution in [-0.4, -0.2) is 16.8 Å². The summed E-state index contributed by atoms with van der Waals surface area (Å²) in [4.78, 5) is 25.9. The second kappa shape index (κ2) is 9.14. The van der Waals surface area contributed by atoms with Gasteiger partial charge in [0, 0.05) is 4.47 Å². The quantitative estimate of drug-likeness (QED) is 0.386. The van der Waals surface area contributed by atoms with Crippen molar-refractivity contribution in [2.45, 2.75) is 13.2 Å². The lowest BCUT2D eigenvalue weighted by Gasteiger charge is -2.11. The Bertz CT molecular complexity index is 1130. The standard InChI is InChI=1S/C24H18BrFN2O3/c25-19-7-1-18(2-8-19)15-31-21-11-5-16(6-12-21)13-22-23(29)28(24(30)27-22)14-17-3-9-20(26)10-4-17/h1-13H,14-15H2,(H,27,30)/b22-13-. The van der Waals surface area contributed by atoms with Crippen LogP contribution in [0.4, 0.5) is 9.18 Å². The molecule has 0 aliphatic carbocycles. The summed E-state index contributed by atoms with van der Waals surface area (Å²) in [5.41, 5.74) is 2.66. The van der Waals surface area contributed by atoms with Crippen LogP contribution in [0.2, 0.25) is 0 Å². The van der Waals surface area contributed by atoms with Gasteiger partial charge in [-0.05, 0) is 59.2 Å². The molecule has 0 atom stereocenters. The number of nitrogens with one attached hydrogen (secondary N) is 1. The van der Waals surface area contributed by atoms with E-state index in [9.17, 15) is 14.0 Å². The molecule has 0 aromatic heterocycles. The van der Waals surface area contributed by atoms with E-state index in [0.717, 1.165) is 20.5 Å². The molecule has 31 heavy (non-hydrogen) atoms. The molecule has 3 aromatic rings. The number of hydrogen-bond donors (Lipinski definition) is 1. The number of nitrogens with zero attached hydrogens (tertiary/aromatic N) is 1. The molecule has 1 aliphatic heterocycles. The van der Waals surface area contributed by atoms with E-state index in [-0.39, 0.29) is 18.1 Å². The molecule has 0 unspecified atom stereocenters. The minimum Gasteiger partial charge on any atom is -0.489 e. The van der Waals surface area contributed by atoms with Crippen molar-refractivity contribution in [3.63, 3.8) is 0 Å². The van der Waals surface area contributed by atoms with Crippen molar-refractivity contribution in [3.05, 3.63) is 105 Å². The highest BCUT2D eigenvalue weighted by molar-refractivity contribution is 9.10. The number of benzene rings is 3. The molecule has 5 nitrogen and oxygen atoms in total. The van der Waals surface area contributed by atoms with E-state index in [0.29, 0.717) is 17.9 Å². The Hall–Kier alpha value is -3.45. The average Bonchev–Trinajstić information content (AvgIpc) is 3.03. The van der Waals surface area contributed by atoms with Crippen LogP contribution >= 0.6 is 15.9 Å². The Morgan fingerprint density at radius 3 is 2.23 bits per heavy atom. The number of carbonyl (C=O) groups is 2. The normalized spacial score (nSPS) is 14.8. The van der Waals surface area contributed by atoms with Crippen molar-refractivity contribution in [2.24, 2.45) is 0 Å². The summed E-state index contributed by atoms with van der Waals surface area (Å²) in [6.45, 7) is 0.520. The largest absolute Gasteiger partial charge is 0.489 e. The number of amides is 3. The van der Waals surface area contributed by atoms with Crippen molar-refractivity contribution in [3.8, 4) is 5.75 Å². The zero-order valence-corrected chi connectivity index (χ0v) is 17.9. The third-order valence-electron chi connectivity index (χ3n) is 4.73. The summed E-state index contributed by atoms with van der Waals surface area (Å²) in [6.07, 6.45) is 1.61. The van der Waals surface area contributed by atoms with E-state index in [2.05, 4.69) is 21.2 Å². The number of urea groups is 1. The summed E-state index contributed by atoms with van der Waals surface area (Å²) in [5.74, 6) is -0.0968. The van der Waals surface area contributed by atoms with E-state index >= 15 is 0 Å². The molecule has 1 aliphatic rings. The Labute approximate surface area is 187 Å². The van der Waals surface area contributed by atoms with E-state index in [1.165, 1.54) is 12.1 Å². The third kappa shape index (κ3) is 5.19. The van der Waals surface area contributed by atoms with Crippen LogP contribution in [0.5, 0.6) is 5.75 Å². The maximum atomic E-state index is 13.1. The lowest BCUT2D eigenvalue weighted by Crippen LogP contribution is -2.30. The molecule has 4 rings (SSSR count). The molecular formula is C24H18BrFN2O3.